The Kier molecular flexibility index (Phi) is 6.04. The van der Waals surface area contributed by atoms with Gasteiger partial charge in [0.25, 0.3) is 0 Å². The fourth-order valence-electron chi connectivity index (χ4n) is 4.00. The SMILES string of the molecule is CC[Si](CC)(CC)C1CCN(S(=O)(=O)c2ccc(C)cc2)CC1=O. The lowest BCUT2D eigenvalue weighted by atomic mass is 10.1. The molecule has 4 nitrogen and oxygen atoms in total. The zero-order valence-corrected chi connectivity index (χ0v) is 17.0. The van der Waals surface area contributed by atoms with Crippen LogP contribution in [-0.2, 0) is 14.8 Å². The Morgan fingerprint density at radius 2 is 1.62 bits per heavy atom. The van der Waals surface area contributed by atoms with Crippen LogP contribution in [0.15, 0.2) is 29.2 Å². The van der Waals surface area contributed by atoms with Gasteiger partial charge in [0.05, 0.1) is 19.5 Å². The summed E-state index contributed by atoms with van der Waals surface area (Å²) >= 11 is 0. The molecule has 1 atom stereocenters. The van der Waals surface area contributed by atoms with Gasteiger partial charge in [0.1, 0.15) is 5.78 Å². The van der Waals surface area contributed by atoms with E-state index in [0.717, 1.165) is 23.7 Å². The van der Waals surface area contributed by atoms with E-state index >= 15 is 0 Å². The van der Waals surface area contributed by atoms with Crippen molar-refractivity contribution < 1.29 is 13.2 Å². The van der Waals surface area contributed by atoms with E-state index in [1.807, 2.05) is 6.92 Å². The molecule has 0 aliphatic carbocycles. The van der Waals surface area contributed by atoms with Crippen LogP contribution < -0.4 is 0 Å². The van der Waals surface area contributed by atoms with Crippen molar-refractivity contribution in [2.45, 2.75) is 62.7 Å². The highest BCUT2D eigenvalue weighted by Crippen LogP contribution is 2.39. The summed E-state index contributed by atoms with van der Waals surface area (Å²) in [7, 11) is -5.20. The number of sulfonamides is 1. The van der Waals surface area contributed by atoms with E-state index in [4.69, 9.17) is 0 Å². The maximum atomic E-state index is 12.8. The minimum atomic E-state index is -3.57. The van der Waals surface area contributed by atoms with Gasteiger partial charge < -0.3 is 0 Å². The molecular weight excluding hydrogens is 338 g/mol. The minimum absolute atomic E-state index is 0.0373. The number of carbonyl (C=O) groups excluding carboxylic acids is 1. The summed E-state index contributed by atoms with van der Waals surface area (Å²) in [5.74, 6) is 0.133. The standard InChI is InChI=1S/C18H29NO3SSi/c1-5-24(6-2,7-3)18-12-13-19(14-17(18)20)23(21,22)16-10-8-15(4)9-11-16/h8-11,18H,5-7,12-14H2,1-4H3. The summed E-state index contributed by atoms with van der Waals surface area (Å²) in [6, 6.07) is 10.1. The molecule has 134 valence electrons. The second-order valence-electron chi connectivity index (χ2n) is 6.88. The number of carbonyl (C=O) groups is 1. The van der Waals surface area contributed by atoms with Crippen molar-refractivity contribution in [1.29, 1.82) is 0 Å². The van der Waals surface area contributed by atoms with E-state index in [2.05, 4.69) is 20.8 Å². The Balaban J connectivity index is 2.21. The summed E-state index contributed by atoms with van der Waals surface area (Å²) < 4.78 is 27.0. The van der Waals surface area contributed by atoms with Crippen molar-refractivity contribution in [3.8, 4) is 0 Å². The summed E-state index contributed by atoms with van der Waals surface area (Å²) in [6.45, 7) is 9.01. The van der Waals surface area contributed by atoms with Crippen LogP contribution >= 0.6 is 0 Å². The lowest BCUT2D eigenvalue weighted by molar-refractivity contribution is -0.120. The average molecular weight is 368 g/mol. The van der Waals surface area contributed by atoms with Crippen molar-refractivity contribution in [2.24, 2.45) is 0 Å². The predicted octanol–water partition coefficient (Wildman–Crippen LogP) is 3.84. The van der Waals surface area contributed by atoms with Gasteiger partial charge in [-0.3, -0.25) is 4.79 Å². The molecule has 24 heavy (non-hydrogen) atoms. The lowest BCUT2D eigenvalue weighted by Gasteiger charge is -2.40. The molecule has 0 radical (unpaired) electrons. The Hall–Kier alpha value is -0.983. The summed E-state index contributed by atoms with van der Waals surface area (Å²) in [5.41, 5.74) is 1.13. The smallest absolute Gasteiger partial charge is 0.243 e. The molecule has 1 aromatic carbocycles. The first-order valence-electron chi connectivity index (χ1n) is 8.90. The lowest BCUT2D eigenvalue weighted by Crippen LogP contribution is -2.51. The van der Waals surface area contributed by atoms with Gasteiger partial charge in [0.15, 0.2) is 0 Å². The Labute approximate surface area is 147 Å². The first kappa shape index (κ1) is 19.3. The van der Waals surface area contributed by atoms with Gasteiger partial charge in [-0.2, -0.15) is 4.31 Å². The molecule has 0 saturated carbocycles. The van der Waals surface area contributed by atoms with Crippen LogP contribution in [0.1, 0.15) is 32.8 Å². The molecule has 0 N–H and O–H groups in total. The first-order valence-corrected chi connectivity index (χ1v) is 13.0. The van der Waals surface area contributed by atoms with Crippen molar-refractivity contribution in [3.63, 3.8) is 0 Å². The fraction of sp³-hybridized carbons (Fsp3) is 0.611. The molecule has 2 rings (SSSR count). The molecule has 0 spiro atoms. The van der Waals surface area contributed by atoms with Crippen molar-refractivity contribution in [3.05, 3.63) is 29.8 Å². The molecule has 1 aliphatic heterocycles. The number of nitrogens with zero attached hydrogens (tertiary/aromatic N) is 1. The number of hydrogen-bond donors (Lipinski definition) is 0. The molecule has 1 heterocycles. The molecule has 0 amide bonds. The van der Waals surface area contributed by atoms with Crippen molar-refractivity contribution in [2.75, 3.05) is 13.1 Å². The molecule has 1 unspecified atom stereocenters. The maximum absolute atomic E-state index is 12.8. The van der Waals surface area contributed by atoms with Gasteiger partial charge in [-0.1, -0.05) is 56.6 Å². The third-order valence-electron chi connectivity index (χ3n) is 5.90. The molecule has 1 aliphatic rings. The molecule has 0 aromatic heterocycles. The normalized spacial score (nSPS) is 20.3. The van der Waals surface area contributed by atoms with Gasteiger partial charge in [0, 0.05) is 12.1 Å². The average Bonchev–Trinajstić information content (AvgIpc) is 2.58. The van der Waals surface area contributed by atoms with Gasteiger partial charge in [-0.15, -0.1) is 0 Å². The van der Waals surface area contributed by atoms with Crippen LogP contribution in [0, 0.1) is 6.92 Å². The van der Waals surface area contributed by atoms with Gasteiger partial charge in [0.2, 0.25) is 10.0 Å². The highest BCUT2D eigenvalue weighted by molar-refractivity contribution is 7.89. The van der Waals surface area contributed by atoms with E-state index in [1.165, 1.54) is 4.31 Å². The highest BCUT2D eigenvalue weighted by Gasteiger charge is 2.44. The van der Waals surface area contributed by atoms with Crippen molar-refractivity contribution in [1.82, 2.24) is 4.31 Å². The zero-order valence-electron chi connectivity index (χ0n) is 15.2. The van der Waals surface area contributed by atoms with E-state index in [1.54, 1.807) is 24.3 Å². The highest BCUT2D eigenvalue weighted by atomic mass is 32.2. The number of piperidine rings is 1. The van der Waals surface area contributed by atoms with Gasteiger partial charge >= 0.3 is 0 Å². The van der Waals surface area contributed by atoms with E-state index in [9.17, 15) is 13.2 Å². The monoisotopic (exact) mass is 367 g/mol. The van der Waals surface area contributed by atoms with Gasteiger partial charge in [-0.05, 0) is 25.5 Å². The number of benzene rings is 1. The predicted molar refractivity (Wildman–Crippen MR) is 101 cm³/mol. The second kappa shape index (κ2) is 7.50. The van der Waals surface area contributed by atoms with Gasteiger partial charge in [-0.25, -0.2) is 8.42 Å². The fourth-order valence-corrected chi connectivity index (χ4v) is 9.91. The van der Waals surface area contributed by atoms with Crippen LogP contribution in [0.2, 0.25) is 23.7 Å². The van der Waals surface area contributed by atoms with E-state index in [0.29, 0.717) is 13.0 Å². The van der Waals surface area contributed by atoms with Crippen molar-refractivity contribution >= 4 is 23.9 Å². The van der Waals surface area contributed by atoms with E-state index < -0.39 is 18.1 Å². The van der Waals surface area contributed by atoms with E-state index in [-0.39, 0.29) is 22.8 Å². The minimum Gasteiger partial charge on any atom is -0.298 e. The molecule has 1 saturated heterocycles. The third-order valence-corrected chi connectivity index (χ3v) is 14.1. The molecule has 1 fully saturated rings. The van der Waals surface area contributed by atoms with Crippen LogP contribution in [0.3, 0.4) is 0 Å². The number of rotatable bonds is 6. The molecule has 0 bridgehead atoms. The molecule has 1 aromatic rings. The summed E-state index contributed by atoms with van der Waals surface area (Å²) in [4.78, 5) is 13.1. The number of hydrogen-bond acceptors (Lipinski definition) is 3. The van der Waals surface area contributed by atoms with Crippen LogP contribution in [0.4, 0.5) is 0 Å². The maximum Gasteiger partial charge on any atom is 0.243 e. The Morgan fingerprint density at radius 1 is 1.08 bits per heavy atom. The summed E-state index contributed by atoms with van der Waals surface area (Å²) in [6.07, 6.45) is 0.686. The quantitative estimate of drug-likeness (QED) is 0.718. The summed E-state index contributed by atoms with van der Waals surface area (Å²) in [5, 5.41) is 0. The van der Waals surface area contributed by atoms with Crippen LogP contribution in [0.25, 0.3) is 0 Å². The third kappa shape index (κ3) is 3.50. The number of Topliss-reactive ketones (excluding diaryl/α,β-unsaturated/α-hetero) is 1. The topological polar surface area (TPSA) is 54.5 Å². The Morgan fingerprint density at radius 3 is 2.08 bits per heavy atom. The molecule has 6 heteroatoms. The number of ketones is 1. The van der Waals surface area contributed by atoms with Crippen LogP contribution in [0.5, 0.6) is 0 Å². The van der Waals surface area contributed by atoms with Crippen LogP contribution in [-0.4, -0.2) is 39.7 Å². The second-order valence-corrected chi connectivity index (χ2v) is 14.4. The largest absolute Gasteiger partial charge is 0.298 e. The molecular formula is C18H29NO3SSi. The first-order chi connectivity index (χ1) is 11.3. The zero-order chi connectivity index (χ0) is 18.0. The Bertz CT molecular complexity index is 672. The number of aryl methyl sites for hydroxylation is 1.